The molecule has 0 amide bonds. The van der Waals surface area contributed by atoms with Crippen molar-refractivity contribution in [3.63, 3.8) is 0 Å². The van der Waals surface area contributed by atoms with Crippen LogP contribution in [0.3, 0.4) is 0 Å². The van der Waals surface area contributed by atoms with Crippen molar-refractivity contribution in [2.75, 3.05) is 25.5 Å². The van der Waals surface area contributed by atoms with Crippen LogP contribution in [-0.2, 0) is 13.6 Å². The Morgan fingerprint density at radius 3 is 2.92 bits per heavy atom. The number of hydrogen-bond acceptors (Lipinski definition) is 5. The molecule has 0 atom stereocenters. The number of aryl methyl sites for hydroxylation is 1. The normalized spacial score (nSPS) is 11.6. The van der Waals surface area contributed by atoms with Gasteiger partial charge in [-0.1, -0.05) is 12.1 Å². The molecule has 0 aliphatic rings. The quantitative estimate of drug-likeness (QED) is 0.350. The summed E-state index contributed by atoms with van der Waals surface area (Å²) in [6, 6.07) is 6.47. The predicted octanol–water partition coefficient (Wildman–Crippen LogP) is 1.28. The second-order valence-corrected chi connectivity index (χ2v) is 5.64. The van der Waals surface area contributed by atoms with E-state index in [1.807, 2.05) is 13.1 Å². The zero-order valence-electron chi connectivity index (χ0n) is 14.7. The maximum Gasteiger partial charge on any atom is 0.191 e. The van der Waals surface area contributed by atoms with Gasteiger partial charge < -0.3 is 16.0 Å². The summed E-state index contributed by atoms with van der Waals surface area (Å²) in [5.41, 5.74) is 1.63. The molecule has 9 heteroatoms. The minimum atomic E-state index is -0.247. The van der Waals surface area contributed by atoms with E-state index in [4.69, 9.17) is 0 Å². The summed E-state index contributed by atoms with van der Waals surface area (Å²) < 4.78 is 14.9. The first-order valence-electron chi connectivity index (χ1n) is 8.23. The highest BCUT2D eigenvalue weighted by Crippen LogP contribution is 2.16. The lowest BCUT2D eigenvalue weighted by molar-refractivity contribution is 0.624. The number of nitrogens with zero attached hydrogens (tertiary/aromatic N) is 5. The van der Waals surface area contributed by atoms with Crippen LogP contribution in [0.1, 0.15) is 5.56 Å². The molecule has 26 heavy (non-hydrogen) atoms. The zero-order valence-corrected chi connectivity index (χ0v) is 14.7. The molecule has 0 spiro atoms. The van der Waals surface area contributed by atoms with Crippen molar-refractivity contribution < 1.29 is 4.39 Å². The minimum Gasteiger partial charge on any atom is -0.368 e. The van der Waals surface area contributed by atoms with Crippen molar-refractivity contribution in [1.29, 1.82) is 0 Å². The van der Waals surface area contributed by atoms with Gasteiger partial charge in [-0.2, -0.15) is 5.10 Å². The van der Waals surface area contributed by atoms with Crippen LogP contribution >= 0.6 is 0 Å². The first-order chi connectivity index (χ1) is 12.7. The molecular formula is C17H21FN8. The highest BCUT2D eigenvalue weighted by molar-refractivity contribution is 5.86. The van der Waals surface area contributed by atoms with E-state index in [9.17, 15) is 4.39 Å². The number of guanidine groups is 1. The van der Waals surface area contributed by atoms with E-state index in [0.29, 0.717) is 25.6 Å². The lowest BCUT2D eigenvalue weighted by Gasteiger charge is -2.13. The number of halogens is 1. The Morgan fingerprint density at radius 1 is 1.23 bits per heavy atom. The van der Waals surface area contributed by atoms with Crippen LogP contribution < -0.4 is 16.0 Å². The molecule has 0 radical (unpaired) electrons. The second-order valence-electron chi connectivity index (χ2n) is 5.64. The molecule has 0 unspecified atom stereocenters. The van der Waals surface area contributed by atoms with Crippen LogP contribution in [0, 0.1) is 5.82 Å². The van der Waals surface area contributed by atoms with Gasteiger partial charge in [-0.15, -0.1) is 0 Å². The third-order valence-corrected chi connectivity index (χ3v) is 3.81. The van der Waals surface area contributed by atoms with Crippen molar-refractivity contribution in [1.82, 2.24) is 30.4 Å². The smallest absolute Gasteiger partial charge is 0.191 e. The highest BCUT2D eigenvalue weighted by Gasteiger charge is 2.07. The van der Waals surface area contributed by atoms with Gasteiger partial charge in [0.1, 0.15) is 18.0 Å². The van der Waals surface area contributed by atoms with Gasteiger partial charge in [-0.3, -0.25) is 9.67 Å². The summed E-state index contributed by atoms with van der Waals surface area (Å²) in [5, 5.41) is 14.7. The second kappa shape index (κ2) is 8.24. The van der Waals surface area contributed by atoms with Crippen LogP contribution in [0.15, 0.2) is 41.8 Å². The third-order valence-electron chi connectivity index (χ3n) is 3.81. The molecule has 3 N–H and O–H groups in total. The average Bonchev–Trinajstić information content (AvgIpc) is 3.03. The predicted molar refractivity (Wildman–Crippen MR) is 99.4 cm³/mol. The molecule has 2 aromatic heterocycles. The van der Waals surface area contributed by atoms with Crippen molar-refractivity contribution in [2.45, 2.75) is 6.54 Å². The van der Waals surface area contributed by atoms with Gasteiger partial charge in [-0.05, 0) is 17.7 Å². The highest BCUT2D eigenvalue weighted by atomic mass is 19.1. The van der Waals surface area contributed by atoms with Gasteiger partial charge in [0.15, 0.2) is 11.6 Å². The Labute approximate surface area is 150 Å². The molecule has 3 aromatic rings. The Bertz CT molecular complexity index is 905. The number of fused-ring (bicyclic) bond motifs is 1. The molecule has 136 valence electrons. The first kappa shape index (κ1) is 17.6. The first-order valence-corrected chi connectivity index (χ1v) is 8.23. The van der Waals surface area contributed by atoms with Crippen molar-refractivity contribution in [2.24, 2.45) is 12.0 Å². The van der Waals surface area contributed by atoms with Crippen molar-refractivity contribution >= 4 is 22.8 Å². The van der Waals surface area contributed by atoms with Crippen LogP contribution in [0.2, 0.25) is 0 Å². The summed E-state index contributed by atoms with van der Waals surface area (Å²) in [6.07, 6.45) is 3.25. The standard InChI is InChI=1S/C17H21FN8/c1-19-17(22-9-12-4-3-5-13(18)8-12)21-7-6-20-15-14-10-25-26(2)16(14)24-11-23-15/h3-5,8,10-11H,6-7,9H2,1-2H3,(H2,19,21,22)(H,20,23,24). The topological polar surface area (TPSA) is 92.1 Å². The van der Waals surface area contributed by atoms with E-state index in [2.05, 4.69) is 36.0 Å². The van der Waals surface area contributed by atoms with Gasteiger partial charge >= 0.3 is 0 Å². The summed E-state index contributed by atoms with van der Waals surface area (Å²) >= 11 is 0. The zero-order chi connectivity index (χ0) is 18.4. The Morgan fingerprint density at radius 2 is 2.12 bits per heavy atom. The van der Waals surface area contributed by atoms with E-state index < -0.39 is 0 Å². The summed E-state index contributed by atoms with van der Waals surface area (Å²) in [7, 11) is 3.53. The summed E-state index contributed by atoms with van der Waals surface area (Å²) in [6.45, 7) is 1.77. The fourth-order valence-corrected chi connectivity index (χ4v) is 2.52. The van der Waals surface area contributed by atoms with Crippen molar-refractivity contribution in [3.05, 3.63) is 48.2 Å². The molecule has 0 saturated carbocycles. The van der Waals surface area contributed by atoms with Gasteiger partial charge in [0, 0.05) is 33.7 Å². The number of aromatic nitrogens is 4. The molecule has 0 aliphatic carbocycles. The van der Waals surface area contributed by atoms with E-state index in [1.54, 1.807) is 24.0 Å². The maximum atomic E-state index is 13.2. The molecule has 0 saturated heterocycles. The Hall–Kier alpha value is -3.23. The van der Waals surface area contributed by atoms with E-state index in [1.165, 1.54) is 18.5 Å². The fourth-order valence-electron chi connectivity index (χ4n) is 2.52. The number of nitrogens with one attached hydrogen (secondary N) is 3. The molecule has 0 bridgehead atoms. The monoisotopic (exact) mass is 356 g/mol. The molecule has 0 aliphatic heterocycles. The fraction of sp³-hybridized carbons (Fsp3) is 0.294. The third kappa shape index (κ3) is 4.24. The molecular weight excluding hydrogens is 335 g/mol. The van der Waals surface area contributed by atoms with Crippen LogP contribution in [0.25, 0.3) is 11.0 Å². The Balaban J connectivity index is 1.47. The number of aliphatic imine (C=N–C) groups is 1. The summed E-state index contributed by atoms with van der Waals surface area (Å²) in [5.74, 6) is 1.14. The number of anilines is 1. The van der Waals surface area contributed by atoms with Gasteiger partial charge in [-0.25, -0.2) is 14.4 Å². The van der Waals surface area contributed by atoms with E-state index in [0.717, 1.165) is 22.4 Å². The average molecular weight is 356 g/mol. The van der Waals surface area contributed by atoms with Crippen LogP contribution in [0.4, 0.5) is 10.2 Å². The van der Waals surface area contributed by atoms with Crippen molar-refractivity contribution in [3.8, 4) is 0 Å². The SMILES string of the molecule is CN=C(NCCNc1ncnc2c1cnn2C)NCc1cccc(F)c1. The lowest BCUT2D eigenvalue weighted by Crippen LogP contribution is -2.39. The Kier molecular flexibility index (Phi) is 5.57. The number of hydrogen-bond donors (Lipinski definition) is 3. The van der Waals surface area contributed by atoms with Gasteiger partial charge in [0.05, 0.1) is 11.6 Å². The number of benzene rings is 1. The van der Waals surface area contributed by atoms with Crippen LogP contribution in [-0.4, -0.2) is 45.8 Å². The molecule has 0 fully saturated rings. The number of rotatable bonds is 6. The van der Waals surface area contributed by atoms with Gasteiger partial charge in [0.25, 0.3) is 0 Å². The lowest BCUT2D eigenvalue weighted by atomic mass is 10.2. The largest absolute Gasteiger partial charge is 0.368 e. The summed E-state index contributed by atoms with van der Waals surface area (Å²) in [4.78, 5) is 12.6. The van der Waals surface area contributed by atoms with E-state index in [-0.39, 0.29) is 5.82 Å². The molecule has 1 aromatic carbocycles. The molecule has 3 rings (SSSR count). The minimum absolute atomic E-state index is 0.247. The molecule has 8 nitrogen and oxygen atoms in total. The van der Waals surface area contributed by atoms with E-state index >= 15 is 0 Å². The maximum absolute atomic E-state index is 13.2. The van der Waals surface area contributed by atoms with Gasteiger partial charge in [0.2, 0.25) is 0 Å². The molecule has 2 heterocycles. The van der Waals surface area contributed by atoms with Crippen LogP contribution in [0.5, 0.6) is 0 Å².